The van der Waals surface area contributed by atoms with E-state index in [0.717, 1.165) is 33.7 Å². The standard InChI is InChI=1S/C16H17IN4O/c1-12-5-6-15(19-18-12)20-7-9-21(10-8-20)16(22)13-3-2-4-14(17)11-13/h2-6,11H,7-10H2,1H3. The first-order chi connectivity index (χ1) is 10.6. The molecule has 2 aromatic rings. The van der Waals surface area contributed by atoms with E-state index in [1.807, 2.05) is 48.2 Å². The lowest BCUT2D eigenvalue weighted by atomic mass is 10.2. The van der Waals surface area contributed by atoms with E-state index >= 15 is 0 Å². The van der Waals surface area contributed by atoms with Gasteiger partial charge in [0.15, 0.2) is 5.82 Å². The van der Waals surface area contributed by atoms with Gasteiger partial charge in [0.2, 0.25) is 0 Å². The first-order valence-corrected chi connectivity index (χ1v) is 8.31. The molecule has 5 nitrogen and oxygen atoms in total. The van der Waals surface area contributed by atoms with Crippen LogP contribution in [-0.4, -0.2) is 47.2 Å². The number of rotatable bonds is 2. The van der Waals surface area contributed by atoms with Crippen LogP contribution in [0.2, 0.25) is 0 Å². The third-order valence-corrected chi connectivity index (χ3v) is 4.42. The first-order valence-electron chi connectivity index (χ1n) is 7.23. The summed E-state index contributed by atoms with van der Waals surface area (Å²) in [6, 6.07) is 11.7. The normalized spacial score (nSPS) is 15.0. The number of nitrogens with zero attached hydrogens (tertiary/aromatic N) is 4. The van der Waals surface area contributed by atoms with Crippen LogP contribution in [0.5, 0.6) is 0 Å². The SMILES string of the molecule is Cc1ccc(N2CCN(C(=O)c3cccc(I)c3)CC2)nn1. The number of hydrogen-bond acceptors (Lipinski definition) is 4. The zero-order valence-corrected chi connectivity index (χ0v) is 14.5. The van der Waals surface area contributed by atoms with Gasteiger partial charge in [0.1, 0.15) is 0 Å². The molecule has 0 aliphatic carbocycles. The fourth-order valence-corrected chi connectivity index (χ4v) is 3.05. The molecule has 0 N–H and O–H groups in total. The summed E-state index contributed by atoms with van der Waals surface area (Å²) in [6.07, 6.45) is 0. The van der Waals surface area contributed by atoms with Gasteiger partial charge in [0.05, 0.1) is 5.69 Å². The van der Waals surface area contributed by atoms with E-state index in [0.29, 0.717) is 13.1 Å². The van der Waals surface area contributed by atoms with E-state index < -0.39 is 0 Å². The number of aromatic nitrogens is 2. The Kier molecular flexibility index (Phi) is 4.56. The molecule has 0 atom stereocenters. The summed E-state index contributed by atoms with van der Waals surface area (Å²) in [5, 5.41) is 8.31. The van der Waals surface area contributed by atoms with Crippen molar-refractivity contribution in [2.24, 2.45) is 0 Å². The summed E-state index contributed by atoms with van der Waals surface area (Å²) in [4.78, 5) is 16.6. The molecule has 1 fully saturated rings. The zero-order valence-electron chi connectivity index (χ0n) is 12.4. The molecule has 0 saturated carbocycles. The highest BCUT2D eigenvalue weighted by molar-refractivity contribution is 14.1. The lowest BCUT2D eigenvalue weighted by Crippen LogP contribution is -2.49. The van der Waals surface area contributed by atoms with Crippen molar-refractivity contribution >= 4 is 34.3 Å². The molecule has 1 aliphatic rings. The average molecular weight is 408 g/mol. The topological polar surface area (TPSA) is 49.3 Å². The number of hydrogen-bond donors (Lipinski definition) is 0. The molecule has 3 rings (SSSR count). The molecule has 1 aromatic carbocycles. The van der Waals surface area contributed by atoms with Gasteiger partial charge < -0.3 is 9.80 Å². The molecular formula is C16H17IN4O. The predicted octanol–water partition coefficient (Wildman–Crippen LogP) is 2.35. The molecule has 0 radical (unpaired) electrons. The second-order valence-electron chi connectivity index (χ2n) is 5.32. The van der Waals surface area contributed by atoms with Crippen LogP contribution in [0.25, 0.3) is 0 Å². The van der Waals surface area contributed by atoms with E-state index in [1.165, 1.54) is 0 Å². The Morgan fingerprint density at radius 1 is 1.09 bits per heavy atom. The largest absolute Gasteiger partial charge is 0.352 e. The van der Waals surface area contributed by atoms with Gasteiger partial charge in [0.25, 0.3) is 5.91 Å². The Morgan fingerprint density at radius 3 is 2.50 bits per heavy atom. The Hall–Kier alpha value is -1.70. The number of aryl methyl sites for hydroxylation is 1. The summed E-state index contributed by atoms with van der Waals surface area (Å²) in [5.74, 6) is 0.986. The Balaban J connectivity index is 1.64. The first kappa shape index (κ1) is 15.2. The molecule has 2 heterocycles. The van der Waals surface area contributed by atoms with Gasteiger partial charge in [0, 0.05) is 35.3 Å². The molecule has 1 saturated heterocycles. The molecule has 1 amide bonds. The average Bonchev–Trinajstić information content (AvgIpc) is 2.55. The minimum Gasteiger partial charge on any atom is -0.352 e. The number of carbonyl (C=O) groups excluding carboxylic acids is 1. The smallest absolute Gasteiger partial charge is 0.254 e. The molecule has 6 heteroatoms. The van der Waals surface area contributed by atoms with E-state index in [4.69, 9.17) is 0 Å². The molecule has 0 unspecified atom stereocenters. The van der Waals surface area contributed by atoms with E-state index in [1.54, 1.807) is 0 Å². The molecule has 1 aliphatic heterocycles. The molecule has 1 aromatic heterocycles. The fourth-order valence-electron chi connectivity index (χ4n) is 2.50. The lowest BCUT2D eigenvalue weighted by molar-refractivity contribution is 0.0746. The summed E-state index contributed by atoms with van der Waals surface area (Å²) in [7, 11) is 0. The van der Waals surface area contributed by atoms with Crippen LogP contribution in [0.3, 0.4) is 0 Å². The van der Waals surface area contributed by atoms with Gasteiger partial charge in [-0.2, -0.15) is 5.10 Å². The van der Waals surface area contributed by atoms with Crippen molar-refractivity contribution < 1.29 is 4.79 Å². The highest BCUT2D eigenvalue weighted by atomic mass is 127. The van der Waals surface area contributed by atoms with Crippen molar-refractivity contribution in [2.75, 3.05) is 31.1 Å². The minimum atomic E-state index is 0.105. The number of piperazine rings is 1. The highest BCUT2D eigenvalue weighted by Gasteiger charge is 2.23. The van der Waals surface area contributed by atoms with Gasteiger partial charge in [-0.1, -0.05) is 6.07 Å². The maximum absolute atomic E-state index is 12.5. The van der Waals surface area contributed by atoms with Crippen LogP contribution in [0.4, 0.5) is 5.82 Å². The van der Waals surface area contributed by atoms with E-state index in [2.05, 4.69) is 37.7 Å². The van der Waals surface area contributed by atoms with Crippen molar-refractivity contribution in [3.8, 4) is 0 Å². The quantitative estimate of drug-likeness (QED) is 0.717. The van der Waals surface area contributed by atoms with Crippen LogP contribution >= 0.6 is 22.6 Å². The number of amides is 1. The fraction of sp³-hybridized carbons (Fsp3) is 0.312. The molecule has 0 spiro atoms. The van der Waals surface area contributed by atoms with Gasteiger partial charge in [-0.05, 0) is 59.8 Å². The van der Waals surface area contributed by atoms with Crippen LogP contribution in [0.1, 0.15) is 16.1 Å². The molecule has 0 bridgehead atoms. The van der Waals surface area contributed by atoms with Crippen LogP contribution < -0.4 is 4.90 Å². The van der Waals surface area contributed by atoms with Crippen LogP contribution in [0.15, 0.2) is 36.4 Å². The van der Waals surface area contributed by atoms with Gasteiger partial charge in [-0.3, -0.25) is 4.79 Å². The highest BCUT2D eigenvalue weighted by Crippen LogP contribution is 2.15. The van der Waals surface area contributed by atoms with E-state index in [-0.39, 0.29) is 5.91 Å². The summed E-state index contributed by atoms with van der Waals surface area (Å²) in [5.41, 5.74) is 1.67. The van der Waals surface area contributed by atoms with Crippen molar-refractivity contribution in [1.29, 1.82) is 0 Å². The van der Waals surface area contributed by atoms with Crippen LogP contribution in [-0.2, 0) is 0 Å². The predicted molar refractivity (Wildman–Crippen MR) is 94.0 cm³/mol. The van der Waals surface area contributed by atoms with Crippen molar-refractivity contribution in [3.05, 3.63) is 51.2 Å². The summed E-state index contributed by atoms with van der Waals surface area (Å²) < 4.78 is 1.08. The maximum atomic E-state index is 12.5. The number of halogens is 1. The Labute approximate surface area is 143 Å². The Bertz CT molecular complexity index is 666. The third kappa shape index (κ3) is 3.37. The summed E-state index contributed by atoms with van der Waals surface area (Å²) >= 11 is 2.23. The van der Waals surface area contributed by atoms with Gasteiger partial charge in [-0.15, -0.1) is 5.10 Å². The van der Waals surface area contributed by atoms with Crippen molar-refractivity contribution in [2.45, 2.75) is 6.92 Å². The monoisotopic (exact) mass is 408 g/mol. The second kappa shape index (κ2) is 6.60. The van der Waals surface area contributed by atoms with Gasteiger partial charge in [-0.25, -0.2) is 0 Å². The number of anilines is 1. The molecular weight excluding hydrogens is 391 g/mol. The number of carbonyl (C=O) groups is 1. The lowest BCUT2D eigenvalue weighted by Gasteiger charge is -2.35. The van der Waals surface area contributed by atoms with Crippen molar-refractivity contribution in [3.63, 3.8) is 0 Å². The molecule has 114 valence electrons. The second-order valence-corrected chi connectivity index (χ2v) is 6.57. The minimum absolute atomic E-state index is 0.105. The van der Waals surface area contributed by atoms with Crippen LogP contribution in [0, 0.1) is 10.5 Å². The molecule has 22 heavy (non-hydrogen) atoms. The zero-order chi connectivity index (χ0) is 15.5. The number of benzene rings is 1. The van der Waals surface area contributed by atoms with E-state index in [9.17, 15) is 4.79 Å². The van der Waals surface area contributed by atoms with Crippen molar-refractivity contribution in [1.82, 2.24) is 15.1 Å². The van der Waals surface area contributed by atoms with Gasteiger partial charge >= 0.3 is 0 Å². The third-order valence-electron chi connectivity index (χ3n) is 3.75. The summed E-state index contributed by atoms with van der Waals surface area (Å²) in [6.45, 7) is 4.91. The maximum Gasteiger partial charge on any atom is 0.254 e. The Morgan fingerprint density at radius 2 is 1.86 bits per heavy atom.